The van der Waals surface area contributed by atoms with Gasteiger partial charge < -0.3 is 5.32 Å². The van der Waals surface area contributed by atoms with E-state index in [0.717, 1.165) is 24.1 Å². The predicted molar refractivity (Wildman–Crippen MR) is 73.3 cm³/mol. The van der Waals surface area contributed by atoms with E-state index in [-0.39, 0.29) is 0 Å². The molecule has 1 aromatic rings. The minimum Gasteiger partial charge on any atom is -0.317 e. The molecule has 0 aromatic carbocycles. The molecule has 1 aliphatic carbocycles. The van der Waals surface area contributed by atoms with Gasteiger partial charge >= 0.3 is 0 Å². The summed E-state index contributed by atoms with van der Waals surface area (Å²) in [7, 11) is 4.28. The molecule has 0 radical (unpaired) electrons. The van der Waals surface area contributed by atoms with Crippen LogP contribution >= 0.6 is 0 Å². The van der Waals surface area contributed by atoms with E-state index < -0.39 is 0 Å². The first-order valence-electron chi connectivity index (χ1n) is 6.85. The lowest BCUT2D eigenvalue weighted by atomic mass is 9.90. The fraction of sp³-hybridized carbons (Fsp3) is 0.714. The van der Waals surface area contributed by atoms with Crippen LogP contribution in [0.4, 0.5) is 0 Å². The van der Waals surface area contributed by atoms with Gasteiger partial charge in [-0.15, -0.1) is 0 Å². The van der Waals surface area contributed by atoms with E-state index in [1.807, 2.05) is 19.2 Å². The summed E-state index contributed by atoms with van der Waals surface area (Å²) in [4.78, 5) is 11.1. The SMILES string of the molecule is CNC1CCC(N(C)Cc2ccnc(C)n2)CC1. The lowest BCUT2D eigenvalue weighted by Gasteiger charge is -2.34. The lowest BCUT2D eigenvalue weighted by molar-refractivity contribution is 0.168. The summed E-state index contributed by atoms with van der Waals surface area (Å²) >= 11 is 0. The van der Waals surface area contributed by atoms with Gasteiger partial charge in [0.25, 0.3) is 0 Å². The molecule has 0 amide bonds. The Labute approximate surface area is 110 Å². The van der Waals surface area contributed by atoms with E-state index in [0.29, 0.717) is 6.04 Å². The lowest BCUT2D eigenvalue weighted by Crippen LogP contribution is -2.39. The van der Waals surface area contributed by atoms with E-state index in [1.54, 1.807) is 0 Å². The van der Waals surface area contributed by atoms with E-state index in [1.165, 1.54) is 25.7 Å². The van der Waals surface area contributed by atoms with Crippen molar-refractivity contribution in [2.24, 2.45) is 0 Å². The Morgan fingerprint density at radius 1 is 1.33 bits per heavy atom. The molecule has 4 nitrogen and oxygen atoms in total. The fourth-order valence-corrected chi connectivity index (χ4v) is 2.78. The standard InChI is InChI=1S/C14H24N4/c1-11-16-9-8-13(17-11)10-18(3)14-6-4-12(15-2)5-7-14/h8-9,12,14-15H,4-7,10H2,1-3H3. The highest BCUT2D eigenvalue weighted by Crippen LogP contribution is 2.23. The van der Waals surface area contributed by atoms with E-state index in [4.69, 9.17) is 0 Å². The fourth-order valence-electron chi connectivity index (χ4n) is 2.78. The largest absolute Gasteiger partial charge is 0.317 e. The second kappa shape index (κ2) is 6.25. The number of rotatable bonds is 4. The molecule has 1 aliphatic rings. The Kier molecular flexibility index (Phi) is 4.66. The van der Waals surface area contributed by atoms with Crippen molar-refractivity contribution in [3.63, 3.8) is 0 Å². The number of hydrogen-bond donors (Lipinski definition) is 1. The highest BCUT2D eigenvalue weighted by atomic mass is 15.1. The molecule has 2 rings (SSSR count). The quantitative estimate of drug-likeness (QED) is 0.881. The van der Waals surface area contributed by atoms with E-state index in [2.05, 4.69) is 34.3 Å². The summed E-state index contributed by atoms with van der Waals surface area (Å²) in [5, 5.41) is 3.38. The van der Waals surface area contributed by atoms with Gasteiger partial charge in [-0.1, -0.05) is 0 Å². The highest BCUT2D eigenvalue weighted by molar-refractivity contribution is 5.01. The summed E-state index contributed by atoms with van der Waals surface area (Å²) < 4.78 is 0. The average Bonchev–Trinajstić information content (AvgIpc) is 2.39. The van der Waals surface area contributed by atoms with Gasteiger partial charge in [-0.05, 0) is 52.8 Å². The third-order valence-corrected chi connectivity index (χ3v) is 3.97. The highest BCUT2D eigenvalue weighted by Gasteiger charge is 2.23. The predicted octanol–water partition coefficient (Wildman–Crippen LogP) is 1.75. The molecule has 0 aliphatic heterocycles. The van der Waals surface area contributed by atoms with Crippen LogP contribution in [-0.2, 0) is 6.54 Å². The van der Waals surface area contributed by atoms with Crippen molar-refractivity contribution in [1.29, 1.82) is 0 Å². The minimum absolute atomic E-state index is 0.699. The second-order valence-corrected chi connectivity index (χ2v) is 5.30. The number of hydrogen-bond acceptors (Lipinski definition) is 4. The Balaban J connectivity index is 1.87. The maximum Gasteiger partial charge on any atom is 0.125 e. The van der Waals surface area contributed by atoms with Crippen LogP contribution in [0.2, 0.25) is 0 Å². The van der Waals surface area contributed by atoms with Crippen molar-refractivity contribution in [1.82, 2.24) is 20.2 Å². The Hall–Kier alpha value is -1.00. The van der Waals surface area contributed by atoms with Crippen LogP contribution in [0.15, 0.2) is 12.3 Å². The number of aryl methyl sites for hydroxylation is 1. The van der Waals surface area contributed by atoms with Gasteiger partial charge in [0, 0.05) is 24.8 Å². The minimum atomic E-state index is 0.699. The van der Waals surface area contributed by atoms with Crippen LogP contribution < -0.4 is 5.32 Å². The third kappa shape index (κ3) is 3.50. The molecule has 0 atom stereocenters. The molecule has 0 spiro atoms. The first-order chi connectivity index (χ1) is 8.69. The Morgan fingerprint density at radius 2 is 2.06 bits per heavy atom. The normalized spacial score (nSPS) is 24.4. The molecule has 1 saturated carbocycles. The van der Waals surface area contributed by atoms with Gasteiger partial charge in [-0.25, -0.2) is 9.97 Å². The molecule has 18 heavy (non-hydrogen) atoms. The van der Waals surface area contributed by atoms with Crippen LogP contribution in [0.5, 0.6) is 0 Å². The molecule has 4 heteroatoms. The van der Waals surface area contributed by atoms with Crippen LogP contribution in [0.25, 0.3) is 0 Å². The maximum atomic E-state index is 4.47. The molecular formula is C14H24N4. The van der Waals surface area contributed by atoms with Crippen LogP contribution in [0, 0.1) is 6.92 Å². The molecule has 1 heterocycles. The molecule has 1 aromatic heterocycles. The van der Waals surface area contributed by atoms with Crippen molar-refractivity contribution in [3.8, 4) is 0 Å². The topological polar surface area (TPSA) is 41.0 Å². The van der Waals surface area contributed by atoms with Crippen molar-refractivity contribution in [2.45, 2.75) is 51.2 Å². The van der Waals surface area contributed by atoms with Crippen LogP contribution in [0.1, 0.15) is 37.2 Å². The zero-order chi connectivity index (χ0) is 13.0. The summed E-state index contributed by atoms with van der Waals surface area (Å²) in [6, 6.07) is 3.43. The van der Waals surface area contributed by atoms with Crippen molar-refractivity contribution < 1.29 is 0 Å². The summed E-state index contributed by atoms with van der Waals surface area (Å²) in [5.41, 5.74) is 1.13. The van der Waals surface area contributed by atoms with Gasteiger partial charge in [0.15, 0.2) is 0 Å². The molecular weight excluding hydrogens is 224 g/mol. The van der Waals surface area contributed by atoms with Crippen LogP contribution in [0.3, 0.4) is 0 Å². The van der Waals surface area contributed by atoms with E-state index >= 15 is 0 Å². The Morgan fingerprint density at radius 3 is 2.67 bits per heavy atom. The van der Waals surface area contributed by atoms with E-state index in [9.17, 15) is 0 Å². The Bertz CT molecular complexity index is 372. The average molecular weight is 248 g/mol. The van der Waals surface area contributed by atoms with Crippen LogP contribution in [-0.4, -0.2) is 41.0 Å². The van der Waals surface area contributed by atoms with Gasteiger partial charge in [0.2, 0.25) is 0 Å². The van der Waals surface area contributed by atoms with Crippen molar-refractivity contribution in [2.75, 3.05) is 14.1 Å². The molecule has 0 unspecified atom stereocenters. The smallest absolute Gasteiger partial charge is 0.125 e. The third-order valence-electron chi connectivity index (χ3n) is 3.97. The summed E-state index contributed by atoms with van der Waals surface area (Å²) in [5.74, 6) is 0.861. The van der Waals surface area contributed by atoms with Gasteiger partial charge in [0.05, 0.1) is 5.69 Å². The molecule has 0 bridgehead atoms. The van der Waals surface area contributed by atoms with Crippen molar-refractivity contribution >= 4 is 0 Å². The monoisotopic (exact) mass is 248 g/mol. The number of aromatic nitrogens is 2. The summed E-state index contributed by atoms with van der Waals surface area (Å²) in [6.45, 7) is 2.87. The zero-order valence-electron chi connectivity index (χ0n) is 11.7. The molecule has 1 fully saturated rings. The first-order valence-corrected chi connectivity index (χ1v) is 6.85. The molecule has 100 valence electrons. The van der Waals surface area contributed by atoms with Gasteiger partial charge in [0.1, 0.15) is 5.82 Å². The first kappa shape index (κ1) is 13.4. The van der Waals surface area contributed by atoms with Gasteiger partial charge in [-0.3, -0.25) is 4.90 Å². The maximum absolute atomic E-state index is 4.47. The van der Waals surface area contributed by atoms with Gasteiger partial charge in [-0.2, -0.15) is 0 Å². The molecule has 1 N–H and O–H groups in total. The zero-order valence-corrected chi connectivity index (χ0v) is 11.7. The summed E-state index contributed by atoms with van der Waals surface area (Å²) in [6.07, 6.45) is 6.99. The second-order valence-electron chi connectivity index (χ2n) is 5.30. The number of nitrogens with one attached hydrogen (secondary N) is 1. The molecule has 0 saturated heterocycles. The number of nitrogens with zero attached hydrogens (tertiary/aromatic N) is 3. The van der Waals surface area contributed by atoms with Crippen molar-refractivity contribution in [3.05, 3.63) is 23.8 Å².